The van der Waals surface area contributed by atoms with E-state index in [9.17, 15) is 9.59 Å². The van der Waals surface area contributed by atoms with Crippen LogP contribution in [0.15, 0.2) is 66.7 Å². The first-order valence-corrected chi connectivity index (χ1v) is 10.1. The molecule has 2 N–H and O–H groups in total. The minimum atomic E-state index is -0.600. The fourth-order valence-corrected chi connectivity index (χ4v) is 3.49. The van der Waals surface area contributed by atoms with Crippen molar-refractivity contribution >= 4 is 22.6 Å². The average Bonchev–Trinajstić information content (AvgIpc) is 2.72. The zero-order valence-electron chi connectivity index (χ0n) is 17.2. The summed E-state index contributed by atoms with van der Waals surface area (Å²) in [6, 6.07) is 21.4. The van der Waals surface area contributed by atoms with Crippen molar-refractivity contribution in [3.63, 3.8) is 0 Å². The Labute approximate surface area is 172 Å². The molecule has 0 fully saturated rings. The lowest BCUT2D eigenvalue weighted by Crippen LogP contribution is -2.46. The van der Waals surface area contributed by atoms with Crippen LogP contribution in [0.25, 0.3) is 10.8 Å². The van der Waals surface area contributed by atoms with Crippen LogP contribution in [-0.4, -0.2) is 17.9 Å². The molecule has 0 aliphatic rings. The second kappa shape index (κ2) is 9.37. The van der Waals surface area contributed by atoms with Gasteiger partial charge in [-0.3, -0.25) is 9.59 Å². The molecule has 0 aromatic heterocycles. The highest BCUT2D eigenvalue weighted by atomic mass is 16.2. The normalized spacial score (nSPS) is 12.9. The summed E-state index contributed by atoms with van der Waals surface area (Å²) in [6.45, 7) is 5.80. The Morgan fingerprint density at radius 1 is 0.897 bits per heavy atom. The molecule has 0 aliphatic carbocycles. The van der Waals surface area contributed by atoms with Crippen molar-refractivity contribution in [1.29, 1.82) is 0 Å². The summed E-state index contributed by atoms with van der Waals surface area (Å²) in [5, 5.41) is 8.05. The summed E-state index contributed by atoms with van der Waals surface area (Å²) < 4.78 is 0. The largest absolute Gasteiger partial charge is 0.348 e. The molecule has 0 saturated carbocycles. The summed E-state index contributed by atoms with van der Waals surface area (Å²) in [4.78, 5) is 25.2. The Bertz CT molecular complexity index is 990. The van der Waals surface area contributed by atoms with Gasteiger partial charge in [-0.15, -0.1) is 0 Å². The van der Waals surface area contributed by atoms with Crippen molar-refractivity contribution in [2.75, 3.05) is 0 Å². The van der Waals surface area contributed by atoms with Crippen LogP contribution in [0.5, 0.6) is 0 Å². The number of hydrogen-bond donors (Lipinski definition) is 2. The Morgan fingerprint density at radius 2 is 1.59 bits per heavy atom. The van der Waals surface area contributed by atoms with Crippen molar-refractivity contribution in [1.82, 2.24) is 10.6 Å². The molecule has 2 amide bonds. The molecule has 1 unspecified atom stereocenters. The zero-order chi connectivity index (χ0) is 20.8. The van der Waals surface area contributed by atoms with Crippen LogP contribution in [0.1, 0.15) is 43.0 Å². The van der Waals surface area contributed by atoms with Gasteiger partial charge in [0.05, 0.1) is 12.5 Å². The van der Waals surface area contributed by atoms with E-state index in [2.05, 4.69) is 10.6 Å². The first-order valence-electron chi connectivity index (χ1n) is 10.1. The van der Waals surface area contributed by atoms with Crippen LogP contribution in [-0.2, 0) is 16.0 Å². The van der Waals surface area contributed by atoms with E-state index in [0.717, 1.165) is 28.3 Å². The third-order valence-electron chi connectivity index (χ3n) is 5.21. The highest BCUT2D eigenvalue weighted by Gasteiger charge is 2.20. The van der Waals surface area contributed by atoms with E-state index in [1.807, 2.05) is 80.6 Å². The van der Waals surface area contributed by atoms with E-state index in [1.165, 1.54) is 5.56 Å². The molecule has 0 heterocycles. The number of carbonyl (C=O) groups excluding carboxylic acids is 2. The Balaban J connectivity index is 1.61. The van der Waals surface area contributed by atoms with Gasteiger partial charge < -0.3 is 10.6 Å². The van der Waals surface area contributed by atoms with E-state index in [1.54, 1.807) is 6.92 Å². The molecular formula is C25H28N2O2. The number of carbonyl (C=O) groups is 2. The molecule has 3 aromatic rings. The van der Waals surface area contributed by atoms with Crippen molar-refractivity contribution in [2.24, 2.45) is 0 Å². The Kier molecular flexibility index (Phi) is 6.65. The molecule has 150 valence electrons. The van der Waals surface area contributed by atoms with E-state index in [0.29, 0.717) is 0 Å². The quantitative estimate of drug-likeness (QED) is 0.628. The predicted molar refractivity (Wildman–Crippen MR) is 118 cm³/mol. The van der Waals surface area contributed by atoms with Gasteiger partial charge in [0.25, 0.3) is 0 Å². The van der Waals surface area contributed by atoms with E-state index in [-0.39, 0.29) is 24.3 Å². The maximum atomic E-state index is 12.6. The molecule has 3 rings (SSSR count). The van der Waals surface area contributed by atoms with Crippen molar-refractivity contribution in [3.05, 3.63) is 83.4 Å². The predicted octanol–water partition coefficient (Wildman–Crippen LogP) is 4.46. The topological polar surface area (TPSA) is 58.2 Å². The van der Waals surface area contributed by atoms with Gasteiger partial charge in [-0.25, -0.2) is 0 Å². The second-order valence-electron chi connectivity index (χ2n) is 7.48. The Morgan fingerprint density at radius 3 is 2.31 bits per heavy atom. The first-order chi connectivity index (χ1) is 14.0. The van der Waals surface area contributed by atoms with Crippen molar-refractivity contribution in [2.45, 2.75) is 45.7 Å². The van der Waals surface area contributed by atoms with Gasteiger partial charge in [0.1, 0.15) is 6.04 Å². The molecule has 0 bridgehead atoms. The number of aryl methyl sites for hydroxylation is 1. The minimum absolute atomic E-state index is 0.0690. The molecule has 0 saturated heterocycles. The highest BCUT2D eigenvalue weighted by molar-refractivity contribution is 5.92. The highest BCUT2D eigenvalue weighted by Crippen LogP contribution is 2.19. The second-order valence-corrected chi connectivity index (χ2v) is 7.48. The zero-order valence-corrected chi connectivity index (χ0v) is 17.2. The summed E-state index contributed by atoms with van der Waals surface area (Å²) in [5.74, 6) is -0.337. The average molecular weight is 389 g/mol. The minimum Gasteiger partial charge on any atom is -0.348 e. The number of fused-ring (bicyclic) bond motifs is 1. The number of benzene rings is 3. The van der Waals surface area contributed by atoms with Gasteiger partial charge in [0, 0.05) is 0 Å². The monoisotopic (exact) mass is 388 g/mol. The maximum absolute atomic E-state index is 12.6. The van der Waals surface area contributed by atoms with Gasteiger partial charge in [-0.1, -0.05) is 79.2 Å². The van der Waals surface area contributed by atoms with Crippen LogP contribution < -0.4 is 10.6 Å². The molecule has 2 atom stereocenters. The summed E-state index contributed by atoms with van der Waals surface area (Å²) in [6.07, 6.45) is 1.03. The van der Waals surface area contributed by atoms with Gasteiger partial charge in [-0.2, -0.15) is 0 Å². The summed E-state index contributed by atoms with van der Waals surface area (Å²) in [5.41, 5.74) is 3.21. The lowest BCUT2D eigenvalue weighted by atomic mass is 10.0. The smallest absolute Gasteiger partial charge is 0.242 e. The van der Waals surface area contributed by atoms with Crippen LogP contribution in [0.3, 0.4) is 0 Å². The molecule has 3 aromatic carbocycles. The number of rotatable bonds is 7. The number of hydrogen-bond acceptors (Lipinski definition) is 2. The van der Waals surface area contributed by atoms with Crippen molar-refractivity contribution in [3.8, 4) is 0 Å². The van der Waals surface area contributed by atoms with Gasteiger partial charge >= 0.3 is 0 Å². The molecule has 0 aliphatic heterocycles. The first kappa shape index (κ1) is 20.6. The molecule has 4 nitrogen and oxygen atoms in total. The lowest BCUT2D eigenvalue weighted by molar-refractivity contribution is -0.128. The van der Waals surface area contributed by atoms with E-state index < -0.39 is 6.04 Å². The number of nitrogens with one attached hydrogen (secondary N) is 2. The number of amides is 2. The van der Waals surface area contributed by atoms with E-state index in [4.69, 9.17) is 0 Å². The third-order valence-corrected chi connectivity index (χ3v) is 5.21. The molecule has 0 radical (unpaired) electrons. The van der Waals surface area contributed by atoms with Crippen LogP contribution in [0, 0.1) is 6.92 Å². The standard InChI is InChI=1S/C25H28N2O2/c1-4-23(20-14-12-17(2)13-15-20)27-25(29)18(3)26-24(28)16-21-10-7-9-19-8-5-6-11-22(19)21/h5-15,18,23H,4,16H2,1-3H3,(H,26,28)(H,27,29)/t18-,23?/m0/s1. The third kappa shape index (κ3) is 5.23. The fourth-order valence-electron chi connectivity index (χ4n) is 3.49. The fraction of sp³-hybridized carbons (Fsp3) is 0.280. The lowest BCUT2D eigenvalue weighted by Gasteiger charge is -2.21. The van der Waals surface area contributed by atoms with Crippen LogP contribution in [0.4, 0.5) is 0 Å². The molecule has 29 heavy (non-hydrogen) atoms. The SMILES string of the molecule is CCC(NC(=O)[C@H](C)NC(=O)Cc1cccc2ccccc12)c1ccc(C)cc1. The summed E-state index contributed by atoms with van der Waals surface area (Å²) in [7, 11) is 0. The Hall–Kier alpha value is -3.14. The van der Waals surface area contributed by atoms with Gasteiger partial charge in [0.2, 0.25) is 11.8 Å². The van der Waals surface area contributed by atoms with Gasteiger partial charge in [-0.05, 0) is 42.2 Å². The summed E-state index contributed by atoms with van der Waals surface area (Å²) >= 11 is 0. The van der Waals surface area contributed by atoms with Crippen molar-refractivity contribution < 1.29 is 9.59 Å². The van der Waals surface area contributed by atoms with Crippen LogP contribution in [0.2, 0.25) is 0 Å². The van der Waals surface area contributed by atoms with Gasteiger partial charge in [0.15, 0.2) is 0 Å². The molecule has 0 spiro atoms. The molecular weight excluding hydrogens is 360 g/mol. The molecule has 4 heteroatoms. The maximum Gasteiger partial charge on any atom is 0.242 e. The van der Waals surface area contributed by atoms with Crippen LogP contribution >= 0.6 is 0 Å². The van der Waals surface area contributed by atoms with E-state index >= 15 is 0 Å².